The number of fused-ring (bicyclic) bond motifs is 3. The van der Waals surface area contributed by atoms with E-state index in [2.05, 4.69) is 15.1 Å². The first kappa shape index (κ1) is 17.7. The Morgan fingerprint density at radius 2 is 2.00 bits per heavy atom. The van der Waals surface area contributed by atoms with Gasteiger partial charge in [0.15, 0.2) is 11.4 Å². The fourth-order valence-corrected chi connectivity index (χ4v) is 3.97. The monoisotopic (exact) mass is 412 g/mol. The minimum atomic E-state index is -0.589. The Kier molecular flexibility index (Phi) is 4.20. The lowest BCUT2D eigenvalue weighted by Crippen LogP contribution is -2.06. The number of hydrogen-bond acceptors (Lipinski definition) is 6. The molecule has 4 heterocycles. The highest BCUT2D eigenvalue weighted by Gasteiger charge is 2.16. The molecule has 0 atom stereocenters. The highest BCUT2D eigenvalue weighted by molar-refractivity contribution is 7.99. The van der Waals surface area contributed by atoms with Crippen molar-refractivity contribution in [2.45, 2.75) is 11.4 Å². The molecule has 0 aliphatic rings. The molecule has 10 heteroatoms. The second-order valence-electron chi connectivity index (χ2n) is 6.29. The van der Waals surface area contributed by atoms with Crippen molar-refractivity contribution in [3.8, 4) is 11.6 Å². The van der Waals surface area contributed by atoms with Gasteiger partial charge in [0, 0.05) is 29.5 Å². The van der Waals surface area contributed by atoms with E-state index in [0.717, 1.165) is 11.5 Å². The van der Waals surface area contributed by atoms with Crippen molar-refractivity contribution in [3.63, 3.8) is 0 Å². The van der Waals surface area contributed by atoms with Crippen LogP contribution in [0.1, 0.15) is 0 Å². The molecule has 1 aromatic carbocycles. The summed E-state index contributed by atoms with van der Waals surface area (Å²) in [7, 11) is 0. The van der Waals surface area contributed by atoms with Gasteiger partial charge in [0.1, 0.15) is 17.3 Å². The standard InChI is InChI=1S/C19H14F2N6OS/c20-11-3-4-15(13(21)10-11)29-9-7-26-6-5-12-17(26)24-19(22)27-18(12)23-16(25-27)14-2-1-8-28-14/h1-6,8,10H,7,9H2,(H2,22,24). The Balaban J connectivity index is 1.44. The molecule has 29 heavy (non-hydrogen) atoms. The maximum Gasteiger partial charge on any atom is 0.225 e. The van der Waals surface area contributed by atoms with Crippen LogP contribution in [0.4, 0.5) is 14.7 Å². The molecule has 0 saturated heterocycles. The number of nitrogens with zero attached hydrogens (tertiary/aromatic N) is 5. The fourth-order valence-electron chi connectivity index (χ4n) is 3.10. The number of nitrogens with two attached hydrogens (primary N) is 1. The summed E-state index contributed by atoms with van der Waals surface area (Å²) in [4.78, 5) is 9.39. The molecule has 5 rings (SSSR count). The van der Waals surface area contributed by atoms with Crippen molar-refractivity contribution in [2.24, 2.45) is 0 Å². The van der Waals surface area contributed by atoms with Gasteiger partial charge in [-0.3, -0.25) is 0 Å². The number of halogens is 2. The zero-order chi connectivity index (χ0) is 20.0. The molecule has 5 aromatic rings. The van der Waals surface area contributed by atoms with Gasteiger partial charge in [-0.05, 0) is 30.3 Å². The molecule has 0 saturated carbocycles. The predicted octanol–water partition coefficient (Wildman–Crippen LogP) is 3.99. The first-order valence-corrected chi connectivity index (χ1v) is 9.71. The van der Waals surface area contributed by atoms with Crippen LogP contribution < -0.4 is 5.73 Å². The molecular weight excluding hydrogens is 398 g/mol. The van der Waals surface area contributed by atoms with Crippen LogP contribution in [0, 0.1) is 11.6 Å². The Labute approximate surface area is 167 Å². The third-order valence-electron chi connectivity index (χ3n) is 4.44. The maximum absolute atomic E-state index is 13.8. The summed E-state index contributed by atoms with van der Waals surface area (Å²) in [6.45, 7) is 0.562. The summed E-state index contributed by atoms with van der Waals surface area (Å²) in [6, 6.07) is 8.99. The van der Waals surface area contributed by atoms with Gasteiger partial charge in [-0.25, -0.2) is 13.8 Å². The summed E-state index contributed by atoms with van der Waals surface area (Å²) in [5.74, 6) is 0.586. The molecule has 0 radical (unpaired) electrons. The maximum atomic E-state index is 13.8. The Morgan fingerprint density at radius 3 is 2.79 bits per heavy atom. The third kappa shape index (κ3) is 3.11. The zero-order valence-electron chi connectivity index (χ0n) is 14.9. The van der Waals surface area contributed by atoms with Crippen molar-refractivity contribution in [2.75, 3.05) is 11.5 Å². The Bertz CT molecular complexity index is 1330. The first-order valence-electron chi connectivity index (χ1n) is 8.73. The van der Waals surface area contributed by atoms with Crippen molar-refractivity contribution in [1.29, 1.82) is 0 Å². The van der Waals surface area contributed by atoms with Crippen LogP contribution in [-0.4, -0.2) is 29.9 Å². The minimum Gasteiger partial charge on any atom is -0.461 e. The van der Waals surface area contributed by atoms with E-state index in [1.54, 1.807) is 18.4 Å². The number of nitrogen functional groups attached to an aromatic ring is 1. The van der Waals surface area contributed by atoms with E-state index >= 15 is 0 Å². The molecule has 0 amide bonds. The number of hydrogen-bond donors (Lipinski definition) is 1. The topological polar surface area (TPSA) is 87.2 Å². The van der Waals surface area contributed by atoms with E-state index in [9.17, 15) is 8.78 Å². The largest absolute Gasteiger partial charge is 0.461 e. The fraction of sp³-hybridized carbons (Fsp3) is 0.105. The molecule has 7 nitrogen and oxygen atoms in total. The SMILES string of the molecule is Nc1nc2c(ccn2CCSc2ccc(F)cc2F)c2nc(-c3ccco3)nn12. The number of furan rings is 1. The number of benzene rings is 1. The molecule has 4 aromatic heterocycles. The summed E-state index contributed by atoms with van der Waals surface area (Å²) < 4.78 is 35.6. The zero-order valence-corrected chi connectivity index (χ0v) is 15.7. The summed E-state index contributed by atoms with van der Waals surface area (Å²) in [5, 5.41) is 5.17. The summed E-state index contributed by atoms with van der Waals surface area (Å²) >= 11 is 1.31. The molecule has 0 aliphatic heterocycles. The number of rotatable bonds is 5. The normalized spacial score (nSPS) is 11.7. The van der Waals surface area contributed by atoms with Crippen molar-refractivity contribution in [1.82, 2.24) is 24.1 Å². The Morgan fingerprint density at radius 1 is 1.10 bits per heavy atom. The van der Waals surface area contributed by atoms with Gasteiger partial charge in [0.2, 0.25) is 11.8 Å². The average molecular weight is 412 g/mol. The highest BCUT2D eigenvalue weighted by Crippen LogP contribution is 2.26. The second-order valence-corrected chi connectivity index (χ2v) is 7.42. The van der Waals surface area contributed by atoms with Crippen LogP contribution in [0.5, 0.6) is 0 Å². The molecule has 0 unspecified atom stereocenters. The van der Waals surface area contributed by atoms with E-state index < -0.39 is 11.6 Å². The van der Waals surface area contributed by atoms with Crippen molar-refractivity contribution < 1.29 is 13.2 Å². The molecular formula is C19H14F2N6OS. The lowest BCUT2D eigenvalue weighted by Gasteiger charge is -2.07. The van der Waals surface area contributed by atoms with E-state index in [1.807, 2.05) is 16.8 Å². The number of aromatic nitrogens is 5. The van der Waals surface area contributed by atoms with Crippen LogP contribution in [0.25, 0.3) is 28.3 Å². The highest BCUT2D eigenvalue weighted by atomic mass is 32.2. The van der Waals surface area contributed by atoms with Crippen LogP contribution in [0.2, 0.25) is 0 Å². The van der Waals surface area contributed by atoms with Gasteiger partial charge in [-0.1, -0.05) is 0 Å². The third-order valence-corrected chi connectivity index (χ3v) is 5.47. The van der Waals surface area contributed by atoms with Gasteiger partial charge < -0.3 is 14.7 Å². The summed E-state index contributed by atoms with van der Waals surface area (Å²) in [6.07, 6.45) is 3.43. The molecule has 0 spiro atoms. The first-order chi connectivity index (χ1) is 14.1. The van der Waals surface area contributed by atoms with Gasteiger partial charge in [0.25, 0.3) is 0 Å². The van der Waals surface area contributed by atoms with Gasteiger partial charge in [-0.2, -0.15) is 9.50 Å². The number of thioether (sulfide) groups is 1. The lowest BCUT2D eigenvalue weighted by molar-refractivity contribution is 0.565. The summed E-state index contributed by atoms with van der Waals surface area (Å²) in [5.41, 5.74) is 7.33. The van der Waals surface area contributed by atoms with E-state index in [4.69, 9.17) is 10.2 Å². The van der Waals surface area contributed by atoms with Crippen molar-refractivity contribution in [3.05, 3.63) is 60.5 Å². The Hall–Kier alpha value is -3.40. The van der Waals surface area contributed by atoms with Gasteiger partial charge in [0.05, 0.1) is 11.6 Å². The molecule has 0 bridgehead atoms. The molecule has 2 N–H and O–H groups in total. The van der Waals surface area contributed by atoms with Crippen LogP contribution in [0.3, 0.4) is 0 Å². The average Bonchev–Trinajstić information content (AvgIpc) is 3.42. The molecule has 0 aliphatic carbocycles. The van der Waals surface area contributed by atoms with E-state index in [1.165, 1.54) is 28.4 Å². The van der Waals surface area contributed by atoms with Crippen LogP contribution >= 0.6 is 11.8 Å². The lowest BCUT2D eigenvalue weighted by atomic mass is 10.3. The number of anilines is 1. The van der Waals surface area contributed by atoms with Crippen molar-refractivity contribution >= 4 is 34.4 Å². The predicted molar refractivity (Wildman–Crippen MR) is 105 cm³/mol. The van der Waals surface area contributed by atoms with E-state index in [0.29, 0.717) is 40.1 Å². The van der Waals surface area contributed by atoms with Crippen LogP contribution in [0.15, 0.2) is 58.2 Å². The number of aryl methyl sites for hydroxylation is 1. The second kappa shape index (κ2) is 6.89. The van der Waals surface area contributed by atoms with E-state index in [-0.39, 0.29) is 5.95 Å². The van der Waals surface area contributed by atoms with Gasteiger partial charge >= 0.3 is 0 Å². The van der Waals surface area contributed by atoms with Crippen LogP contribution in [-0.2, 0) is 6.54 Å². The molecule has 0 fully saturated rings. The quantitative estimate of drug-likeness (QED) is 0.439. The minimum absolute atomic E-state index is 0.204. The van der Waals surface area contributed by atoms with Gasteiger partial charge in [-0.15, -0.1) is 16.9 Å². The molecule has 146 valence electrons. The smallest absolute Gasteiger partial charge is 0.225 e.